The van der Waals surface area contributed by atoms with Gasteiger partial charge in [0.1, 0.15) is 23.9 Å². The summed E-state index contributed by atoms with van der Waals surface area (Å²) in [6.45, 7) is -0.165. The molecule has 178 valence electrons. The van der Waals surface area contributed by atoms with Crippen LogP contribution in [0.25, 0.3) is 0 Å². The van der Waals surface area contributed by atoms with Crippen molar-refractivity contribution in [3.63, 3.8) is 0 Å². The quantitative estimate of drug-likeness (QED) is 0.349. The third kappa shape index (κ3) is 4.22. The minimum Gasteiger partial charge on any atom is -0.486 e. The number of benzene rings is 2. The molecule has 3 aromatic rings. The summed E-state index contributed by atoms with van der Waals surface area (Å²) in [6, 6.07) is 8.15. The highest BCUT2D eigenvalue weighted by Gasteiger charge is 2.71. The lowest BCUT2D eigenvalue weighted by atomic mass is 9.34. The number of hydrogen-bond donors (Lipinski definition) is 0. The lowest BCUT2D eigenvalue weighted by molar-refractivity contribution is -0.168. The van der Waals surface area contributed by atoms with Crippen molar-refractivity contribution in [3.05, 3.63) is 64.8 Å². The highest BCUT2D eigenvalue weighted by atomic mass is 35.5. The van der Waals surface area contributed by atoms with Gasteiger partial charge < -0.3 is 13.9 Å². The molecule has 0 unspecified atom stereocenters. The Balaban J connectivity index is 1.12. The number of nitrogens with zero attached hydrogens (tertiary/aromatic N) is 2. The maximum absolute atomic E-state index is 13.5. The largest absolute Gasteiger partial charge is 0.486 e. The molecule has 0 N–H and O–H groups in total. The van der Waals surface area contributed by atoms with Crippen molar-refractivity contribution in [1.29, 1.82) is 0 Å². The van der Waals surface area contributed by atoms with Crippen molar-refractivity contribution < 1.29 is 36.2 Å². The van der Waals surface area contributed by atoms with Crippen molar-refractivity contribution in [2.45, 2.75) is 37.3 Å². The number of ether oxygens (including phenoxy) is 2. The van der Waals surface area contributed by atoms with Crippen LogP contribution in [0, 0.1) is 11.2 Å². The lowest BCUT2D eigenvalue weighted by Gasteiger charge is -2.68. The van der Waals surface area contributed by atoms with E-state index in [1.807, 2.05) is 0 Å². The topological polar surface area (TPSA) is 74.5 Å². The van der Waals surface area contributed by atoms with Crippen molar-refractivity contribution in [2.75, 3.05) is 6.61 Å². The fourth-order valence-electron chi connectivity index (χ4n) is 4.89. The summed E-state index contributed by atoms with van der Waals surface area (Å²) in [6.07, 6.45) is -2.17. The first-order valence-corrected chi connectivity index (χ1v) is 10.7. The Labute approximate surface area is 195 Å². The van der Waals surface area contributed by atoms with E-state index in [0.29, 0.717) is 31.6 Å². The van der Waals surface area contributed by atoms with Crippen LogP contribution < -0.4 is 9.47 Å². The SMILES string of the molecule is O=C(COc1ccc(Cl)c(F)c1)CC12CC(c3nnc(Oc4ccc(C(F)(F)F)cc4)o3)(C1)C2. The van der Waals surface area contributed by atoms with Gasteiger partial charge in [-0.15, -0.1) is 5.10 Å². The molecular weight excluding hydrogens is 480 g/mol. The Morgan fingerprint density at radius 1 is 1.06 bits per heavy atom. The molecular formula is C23H17ClF4N2O4. The van der Waals surface area contributed by atoms with Gasteiger partial charge in [-0.05, 0) is 61.1 Å². The monoisotopic (exact) mass is 496 g/mol. The molecule has 0 radical (unpaired) electrons. The summed E-state index contributed by atoms with van der Waals surface area (Å²) in [7, 11) is 0. The van der Waals surface area contributed by atoms with E-state index in [4.69, 9.17) is 25.5 Å². The van der Waals surface area contributed by atoms with Crippen LogP contribution in [0.5, 0.6) is 17.6 Å². The number of carbonyl (C=O) groups is 1. The van der Waals surface area contributed by atoms with Gasteiger partial charge in [-0.3, -0.25) is 4.79 Å². The molecule has 6 nitrogen and oxygen atoms in total. The van der Waals surface area contributed by atoms with Crippen molar-refractivity contribution >= 4 is 17.4 Å². The van der Waals surface area contributed by atoms with Crippen LogP contribution in [0.1, 0.15) is 37.1 Å². The first-order valence-electron chi connectivity index (χ1n) is 10.3. The minimum absolute atomic E-state index is 0.0215. The molecule has 0 saturated heterocycles. The molecule has 3 fully saturated rings. The van der Waals surface area contributed by atoms with Crippen LogP contribution in [-0.4, -0.2) is 22.6 Å². The standard InChI is InChI=1S/C23H17ClF4N2O4/c24-17-6-5-16(7-18(17)25)32-9-14(31)8-21-10-22(11-21,12-21)19-29-30-20(34-19)33-15-3-1-13(2-4-15)23(26,27)28/h1-7H,8-12H2. The molecule has 3 aliphatic carbocycles. The average molecular weight is 497 g/mol. The molecule has 2 aromatic carbocycles. The van der Waals surface area contributed by atoms with Crippen molar-refractivity contribution in [2.24, 2.45) is 5.41 Å². The lowest BCUT2D eigenvalue weighted by Crippen LogP contribution is -2.65. The molecule has 1 heterocycles. The number of aromatic nitrogens is 2. The fraction of sp³-hybridized carbons (Fsp3) is 0.348. The number of hydrogen-bond acceptors (Lipinski definition) is 6. The van der Waals surface area contributed by atoms with Gasteiger partial charge in [-0.1, -0.05) is 16.7 Å². The molecule has 0 aliphatic heterocycles. The van der Waals surface area contributed by atoms with Crippen LogP contribution in [0.4, 0.5) is 17.6 Å². The van der Waals surface area contributed by atoms with E-state index in [-0.39, 0.29) is 45.8 Å². The summed E-state index contributed by atoms with van der Waals surface area (Å²) >= 11 is 5.63. The molecule has 0 spiro atoms. The predicted molar refractivity (Wildman–Crippen MR) is 110 cm³/mol. The van der Waals surface area contributed by atoms with E-state index in [1.165, 1.54) is 24.3 Å². The maximum Gasteiger partial charge on any atom is 0.420 e. The van der Waals surface area contributed by atoms with Gasteiger partial charge in [0.05, 0.1) is 16.0 Å². The van der Waals surface area contributed by atoms with Gasteiger partial charge in [0.25, 0.3) is 0 Å². The Kier molecular flexibility index (Phi) is 5.31. The number of halogens is 5. The van der Waals surface area contributed by atoms with Crippen LogP contribution in [-0.2, 0) is 16.4 Å². The van der Waals surface area contributed by atoms with Gasteiger partial charge in [-0.25, -0.2) is 4.39 Å². The molecule has 34 heavy (non-hydrogen) atoms. The highest BCUT2D eigenvalue weighted by Crippen LogP contribution is 2.74. The normalized spacial score (nSPS) is 23.1. The summed E-state index contributed by atoms with van der Waals surface area (Å²) < 4.78 is 67.8. The molecule has 0 atom stereocenters. The first-order chi connectivity index (χ1) is 16.1. The zero-order valence-corrected chi connectivity index (χ0v) is 18.3. The number of ketones is 1. The van der Waals surface area contributed by atoms with E-state index >= 15 is 0 Å². The number of Topliss-reactive ketones (excluding diaryl/α,β-unsaturated/α-hetero) is 1. The number of carbonyl (C=O) groups excluding carboxylic acids is 1. The van der Waals surface area contributed by atoms with Gasteiger partial charge in [0.15, 0.2) is 5.78 Å². The molecule has 2 bridgehead atoms. The second kappa shape index (κ2) is 7.97. The molecule has 0 amide bonds. The molecule has 3 saturated carbocycles. The van der Waals surface area contributed by atoms with Crippen molar-refractivity contribution in [1.82, 2.24) is 10.2 Å². The minimum atomic E-state index is -4.43. The van der Waals surface area contributed by atoms with Gasteiger partial charge >= 0.3 is 12.3 Å². The van der Waals surface area contributed by atoms with E-state index in [9.17, 15) is 22.4 Å². The van der Waals surface area contributed by atoms with E-state index in [1.54, 1.807) is 0 Å². The molecule has 11 heteroatoms. The maximum atomic E-state index is 13.5. The number of rotatable bonds is 8. The smallest absolute Gasteiger partial charge is 0.420 e. The van der Waals surface area contributed by atoms with Crippen LogP contribution in [0.15, 0.2) is 46.9 Å². The Morgan fingerprint density at radius 2 is 1.74 bits per heavy atom. The summed E-state index contributed by atoms with van der Waals surface area (Å²) in [4.78, 5) is 12.3. The second-order valence-electron chi connectivity index (χ2n) is 8.89. The average Bonchev–Trinajstić information content (AvgIpc) is 3.18. The summed E-state index contributed by atoms with van der Waals surface area (Å²) in [5.41, 5.74) is -1.24. The Bertz CT molecular complexity index is 1220. The van der Waals surface area contributed by atoms with E-state index < -0.39 is 17.6 Å². The van der Waals surface area contributed by atoms with Gasteiger partial charge in [0, 0.05) is 12.5 Å². The van der Waals surface area contributed by atoms with E-state index in [2.05, 4.69) is 10.2 Å². The third-order valence-corrected chi connectivity index (χ3v) is 6.56. The predicted octanol–water partition coefficient (Wildman–Crippen LogP) is 6.13. The zero-order chi connectivity index (χ0) is 24.1. The Morgan fingerprint density at radius 3 is 2.38 bits per heavy atom. The molecule has 6 rings (SSSR count). The fourth-order valence-corrected chi connectivity index (χ4v) is 5.01. The highest BCUT2D eigenvalue weighted by molar-refractivity contribution is 6.30. The summed E-state index contributed by atoms with van der Waals surface area (Å²) in [5, 5.41) is 7.83. The van der Waals surface area contributed by atoms with Crippen LogP contribution in [0.2, 0.25) is 5.02 Å². The van der Waals surface area contributed by atoms with Crippen LogP contribution >= 0.6 is 11.6 Å². The second-order valence-corrected chi connectivity index (χ2v) is 9.30. The molecule has 3 aliphatic rings. The third-order valence-electron chi connectivity index (χ3n) is 6.25. The number of alkyl halides is 3. The van der Waals surface area contributed by atoms with Crippen molar-refractivity contribution in [3.8, 4) is 17.6 Å². The Hall–Kier alpha value is -3.14. The van der Waals surface area contributed by atoms with Gasteiger partial charge in [-0.2, -0.15) is 13.2 Å². The molecule has 1 aromatic heterocycles. The zero-order valence-electron chi connectivity index (χ0n) is 17.5. The first kappa shape index (κ1) is 22.6. The summed E-state index contributed by atoms with van der Waals surface area (Å²) in [5.74, 6) is 0.0468. The van der Waals surface area contributed by atoms with Crippen LogP contribution in [0.3, 0.4) is 0 Å². The van der Waals surface area contributed by atoms with Gasteiger partial charge in [0.2, 0.25) is 5.89 Å². The van der Waals surface area contributed by atoms with E-state index in [0.717, 1.165) is 18.2 Å².